The van der Waals surface area contributed by atoms with Crippen LogP contribution in [0.4, 0.5) is 5.69 Å². The average molecular weight is 411 g/mol. The van der Waals surface area contributed by atoms with Gasteiger partial charge < -0.3 is 0 Å². The van der Waals surface area contributed by atoms with E-state index in [0.29, 0.717) is 19.9 Å². The molecule has 110 valence electrons. The molecule has 1 aliphatic heterocycles. The van der Waals surface area contributed by atoms with Crippen molar-refractivity contribution in [3.05, 3.63) is 68.5 Å². The number of thioether (sulfide) groups is 1. The van der Waals surface area contributed by atoms with E-state index in [-0.39, 0.29) is 5.91 Å². The molecule has 0 aliphatic carbocycles. The summed E-state index contributed by atoms with van der Waals surface area (Å²) in [7, 11) is 0. The van der Waals surface area contributed by atoms with Crippen LogP contribution in [0.25, 0.3) is 6.08 Å². The molecule has 1 saturated heterocycles. The van der Waals surface area contributed by atoms with E-state index < -0.39 is 0 Å². The Balaban J connectivity index is 1.95. The average Bonchev–Trinajstić information content (AvgIpc) is 2.73. The summed E-state index contributed by atoms with van der Waals surface area (Å²) >= 11 is 16.0. The third-order valence-electron chi connectivity index (χ3n) is 3.01. The first kappa shape index (κ1) is 15.7. The number of nitrogens with zero attached hydrogens (tertiary/aromatic N) is 1. The van der Waals surface area contributed by atoms with Gasteiger partial charge in [0, 0.05) is 9.50 Å². The molecule has 0 spiro atoms. The Kier molecular flexibility index (Phi) is 4.68. The summed E-state index contributed by atoms with van der Waals surface area (Å²) in [5.41, 5.74) is 1.63. The minimum absolute atomic E-state index is 0.128. The second kappa shape index (κ2) is 6.54. The number of halogens is 2. The third kappa shape index (κ3) is 3.27. The topological polar surface area (TPSA) is 20.3 Å². The van der Waals surface area contributed by atoms with Gasteiger partial charge in [0.2, 0.25) is 0 Å². The normalized spacial score (nSPS) is 16.6. The van der Waals surface area contributed by atoms with Crippen molar-refractivity contribution in [1.29, 1.82) is 0 Å². The van der Waals surface area contributed by atoms with E-state index in [1.165, 1.54) is 16.7 Å². The van der Waals surface area contributed by atoms with E-state index in [2.05, 4.69) is 15.9 Å². The molecule has 0 aromatic heterocycles. The van der Waals surface area contributed by atoms with Gasteiger partial charge in [0.25, 0.3) is 5.91 Å². The molecule has 1 fully saturated rings. The smallest absolute Gasteiger partial charge is 0.268 e. The van der Waals surface area contributed by atoms with Crippen LogP contribution in [-0.4, -0.2) is 10.2 Å². The van der Waals surface area contributed by atoms with E-state index in [1.54, 1.807) is 18.2 Å². The van der Waals surface area contributed by atoms with Crippen LogP contribution < -0.4 is 4.90 Å². The number of hydrogen-bond acceptors (Lipinski definition) is 3. The molecule has 22 heavy (non-hydrogen) atoms. The molecule has 0 N–H and O–H groups in total. The van der Waals surface area contributed by atoms with Crippen molar-refractivity contribution in [3.63, 3.8) is 0 Å². The minimum Gasteiger partial charge on any atom is -0.268 e. The number of benzene rings is 2. The highest BCUT2D eigenvalue weighted by molar-refractivity contribution is 9.10. The maximum atomic E-state index is 12.6. The molecule has 2 aromatic rings. The van der Waals surface area contributed by atoms with E-state index in [9.17, 15) is 4.79 Å². The molecule has 0 radical (unpaired) electrons. The van der Waals surface area contributed by atoms with Gasteiger partial charge in [-0.15, -0.1) is 0 Å². The molecule has 1 aliphatic rings. The maximum absolute atomic E-state index is 12.6. The SMILES string of the molecule is O=C1/C(=C\c2cccc(Br)c2)SC(=S)N1c1cccc(Cl)c1. The zero-order valence-corrected chi connectivity index (χ0v) is 15.1. The highest BCUT2D eigenvalue weighted by Crippen LogP contribution is 2.36. The molecule has 2 aromatic carbocycles. The largest absolute Gasteiger partial charge is 0.270 e. The number of thiocarbonyl (C=S) groups is 1. The summed E-state index contributed by atoms with van der Waals surface area (Å²) in [5, 5.41) is 0.572. The quantitative estimate of drug-likeness (QED) is 0.481. The lowest BCUT2D eigenvalue weighted by Gasteiger charge is -2.14. The molecular formula is C16H9BrClNOS2. The fraction of sp³-hybridized carbons (Fsp3) is 0. The first-order valence-corrected chi connectivity index (χ1v) is 8.73. The van der Waals surface area contributed by atoms with Crippen LogP contribution in [-0.2, 0) is 4.79 Å². The lowest BCUT2D eigenvalue weighted by molar-refractivity contribution is -0.113. The second-order valence-electron chi connectivity index (χ2n) is 4.55. The summed E-state index contributed by atoms with van der Waals surface area (Å²) in [5.74, 6) is -0.128. The Labute approximate surface area is 151 Å². The van der Waals surface area contributed by atoms with Crippen molar-refractivity contribution >= 4 is 73.5 Å². The van der Waals surface area contributed by atoms with Gasteiger partial charge in [-0.1, -0.05) is 69.7 Å². The van der Waals surface area contributed by atoms with Crippen LogP contribution in [0.2, 0.25) is 5.02 Å². The number of carbonyl (C=O) groups excluding carboxylic acids is 1. The summed E-state index contributed by atoms with van der Waals surface area (Å²) < 4.78 is 1.47. The van der Waals surface area contributed by atoms with E-state index in [0.717, 1.165) is 10.0 Å². The summed E-state index contributed by atoms with van der Waals surface area (Å²) in [4.78, 5) is 14.7. The standard InChI is InChI=1S/C16H9BrClNOS2/c17-11-4-1-3-10(7-11)8-14-15(20)19(16(21)22-14)13-6-2-5-12(18)9-13/h1-9H/b14-8+. The molecular weight excluding hydrogens is 402 g/mol. The Morgan fingerprint density at radius 1 is 1.18 bits per heavy atom. The first-order valence-electron chi connectivity index (χ1n) is 6.34. The Morgan fingerprint density at radius 2 is 1.95 bits per heavy atom. The van der Waals surface area contributed by atoms with Crippen molar-refractivity contribution in [3.8, 4) is 0 Å². The Morgan fingerprint density at radius 3 is 2.68 bits per heavy atom. The van der Waals surface area contributed by atoms with Crippen LogP contribution in [0.1, 0.15) is 5.56 Å². The monoisotopic (exact) mass is 409 g/mol. The van der Waals surface area contributed by atoms with Gasteiger partial charge in [0.1, 0.15) is 0 Å². The number of carbonyl (C=O) groups is 1. The van der Waals surface area contributed by atoms with Gasteiger partial charge in [-0.2, -0.15) is 0 Å². The third-order valence-corrected chi connectivity index (χ3v) is 5.04. The molecule has 1 amide bonds. The van der Waals surface area contributed by atoms with Crippen LogP contribution in [0.15, 0.2) is 57.9 Å². The van der Waals surface area contributed by atoms with E-state index in [4.69, 9.17) is 23.8 Å². The minimum atomic E-state index is -0.128. The first-order chi connectivity index (χ1) is 10.5. The zero-order valence-electron chi connectivity index (χ0n) is 11.1. The summed E-state index contributed by atoms with van der Waals surface area (Å²) in [6.07, 6.45) is 1.84. The van der Waals surface area contributed by atoms with E-state index in [1.807, 2.05) is 36.4 Å². The molecule has 2 nitrogen and oxygen atoms in total. The van der Waals surface area contributed by atoms with Crippen molar-refractivity contribution in [2.24, 2.45) is 0 Å². The fourth-order valence-electron chi connectivity index (χ4n) is 2.05. The molecule has 3 rings (SSSR count). The number of hydrogen-bond donors (Lipinski definition) is 0. The van der Waals surface area contributed by atoms with Crippen LogP contribution in [0, 0.1) is 0 Å². The molecule has 0 saturated carbocycles. The van der Waals surface area contributed by atoms with Crippen LogP contribution in [0.5, 0.6) is 0 Å². The van der Waals surface area contributed by atoms with Crippen molar-refractivity contribution < 1.29 is 4.79 Å². The highest BCUT2D eigenvalue weighted by Gasteiger charge is 2.33. The van der Waals surface area contributed by atoms with Crippen molar-refractivity contribution in [1.82, 2.24) is 0 Å². The van der Waals surface area contributed by atoms with Gasteiger partial charge in [0.05, 0.1) is 10.6 Å². The lowest BCUT2D eigenvalue weighted by atomic mass is 10.2. The summed E-state index contributed by atoms with van der Waals surface area (Å²) in [6.45, 7) is 0. The lowest BCUT2D eigenvalue weighted by Crippen LogP contribution is -2.27. The van der Waals surface area contributed by atoms with Gasteiger partial charge in [-0.3, -0.25) is 9.69 Å². The molecule has 1 heterocycles. The van der Waals surface area contributed by atoms with Crippen LogP contribution in [0.3, 0.4) is 0 Å². The predicted molar refractivity (Wildman–Crippen MR) is 101 cm³/mol. The Bertz CT molecular complexity index is 806. The van der Waals surface area contributed by atoms with Gasteiger partial charge in [-0.25, -0.2) is 0 Å². The Hall–Kier alpha value is -1.14. The summed E-state index contributed by atoms with van der Waals surface area (Å²) in [6, 6.07) is 14.9. The molecule has 6 heteroatoms. The number of rotatable bonds is 2. The second-order valence-corrected chi connectivity index (χ2v) is 7.58. The molecule has 0 bridgehead atoms. The number of anilines is 1. The van der Waals surface area contributed by atoms with Crippen molar-refractivity contribution in [2.75, 3.05) is 4.90 Å². The van der Waals surface area contributed by atoms with Gasteiger partial charge in [-0.05, 0) is 42.0 Å². The maximum Gasteiger partial charge on any atom is 0.270 e. The van der Waals surface area contributed by atoms with Crippen LogP contribution >= 0.6 is 51.5 Å². The number of amides is 1. The van der Waals surface area contributed by atoms with E-state index >= 15 is 0 Å². The molecule has 0 atom stereocenters. The van der Waals surface area contributed by atoms with Gasteiger partial charge in [0.15, 0.2) is 4.32 Å². The predicted octanol–water partition coefficient (Wildman–Crippen LogP) is 5.51. The van der Waals surface area contributed by atoms with Gasteiger partial charge >= 0.3 is 0 Å². The van der Waals surface area contributed by atoms with Crippen molar-refractivity contribution in [2.45, 2.75) is 0 Å². The highest BCUT2D eigenvalue weighted by atomic mass is 79.9. The fourth-order valence-corrected chi connectivity index (χ4v) is 3.95. The molecule has 0 unspecified atom stereocenters. The zero-order chi connectivity index (χ0) is 15.7.